The van der Waals surface area contributed by atoms with Crippen molar-refractivity contribution >= 4 is 0 Å². The van der Waals surface area contributed by atoms with Crippen molar-refractivity contribution < 1.29 is 14.6 Å². The van der Waals surface area contributed by atoms with E-state index in [1.54, 1.807) is 7.11 Å². The predicted molar refractivity (Wildman–Crippen MR) is 61.8 cm³/mol. The zero-order valence-electron chi connectivity index (χ0n) is 9.93. The van der Waals surface area contributed by atoms with Gasteiger partial charge in [-0.3, -0.25) is 0 Å². The molecule has 0 heterocycles. The third kappa shape index (κ3) is 1.87. The largest absolute Gasteiger partial charge is 0.497 e. The normalized spacial score (nSPS) is 27.0. The second-order valence-corrected chi connectivity index (χ2v) is 4.85. The van der Waals surface area contributed by atoms with Crippen LogP contribution in [0.4, 0.5) is 0 Å². The van der Waals surface area contributed by atoms with Crippen LogP contribution in [-0.4, -0.2) is 24.4 Å². The van der Waals surface area contributed by atoms with Crippen LogP contribution in [0.2, 0.25) is 0 Å². The summed E-state index contributed by atoms with van der Waals surface area (Å²) < 4.78 is 10.9. The molecule has 0 bridgehead atoms. The van der Waals surface area contributed by atoms with Crippen LogP contribution < -0.4 is 9.47 Å². The van der Waals surface area contributed by atoms with Gasteiger partial charge in [-0.25, -0.2) is 0 Å². The molecule has 0 aromatic heterocycles. The highest BCUT2D eigenvalue weighted by Gasteiger charge is 2.49. The lowest BCUT2D eigenvalue weighted by atomic mass is 9.66. The van der Waals surface area contributed by atoms with Gasteiger partial charge in [0.2, 0.25) is 0 Å². The zero-order chi connectivity index (χ0) is 11.8. The maximum absolute atomic E-state index is 9.61. The Labute approximate surface area is 96.0 Å². The molecule has 16 heavy (non-hydrogen) atoms. The fourth-order valence-corrected chi connectivity index (χ4v) is 1.88. The Morgan fingerprint density at radius 1 is 1.19 bits per heavy atom. The molecule has 2 atom stereocenters. The van der Waals surface area contributed by atoms with E-state index in [9.17, 15) is 5.11 Å². The summed E-state index contributed by atoms with van der Waals surface area (Å²) in [7, 11) is 1.64. The molecule has 1 aliphatic rings. The van der Waals surface area contributed by atoms with Crippen LogP contribution in [0.3, 0.4) is 0 Å². The molecular weight excluding hydrogens is 204 g/mol. The minimum Gasteiger partial charge on any atom is -0.497 e. The molecule has 1 aliphatic carbocycles. The van der Waals surface area contributed by atoms with Crippen molar-refractivity contribution in [2.24, 2.45) is 5.41 Å². The second kappa shape index (κ2) is 3.98. The van der Waals surface area contributed by atoms with Gasteiger partial charge in [-0.15, -0.1) is 0 Å². The van der Waals surface area contributed by atoms with Crippen LogP contribution in [0.25, 0.3) is 0 Å². The molecule has 3 nitrogen and oxygen atoms in total. The highest BCUT2D eigenvalue weighted by atomic mass is 16.5. The smallest absolute Gasteiger partial charge is 0.120 e. The number of aliphatic hydroxyl groups is 1. The monoisotopic (exact) mass is 222 g/mol. The number of aliphatic hydroxyl groups excluding tert-OH is 1. The van der Waals surface area contributed by atoms with Crippen LogP contribution in [0, 0.1) is 5.41 Å². The molecule has 1 aromatic carbocycles. The Morgan fingerprint density at radius 3 is 2.19 bits per heavy atom. The molecule has 88 valence electrons. The van der Waals surface area contributed by atoms with Crippen molar-refractivity contribution in [2.75, 3.05) is 7.11 Å². The van der Waals surface area contributed by atoms with Crippen LogP contribution in [-0.2, 0) is 0 Å². The number of ether oxygens (including phenoxy) is 2. The van der Waals surface area contributed by atoms with E-state index in [-0.39, 0.29) is 17.6 Å². The summed E-state index contributed by atoms with van der Waals surface area (Å²) in [6.07, 6.45) is 0.547. The van der Waals surface area contributed by atoms with Gasteiger partial charge in [-0.1, -0.05) is 13.8 Å². The molecule has 0 spiro atoms. The Balaban J connectivity index is 2.00. The van der Waals surface area contributed by atoms with Gasteiger partial charge >= 0.3 is 0 Å². The van der Waals surface area contributed by atoms with Gasteiger partial charge in [-0.05, 0) is 24.3 Å². The molecule has 0 saturated heterocycles. The third-order valence-corrected chi connectivity index (χ3v) is 3.46. The lowest BCUT2D eigenvalue weighted by molar-refractivity contribution is -0.134. The predicted octanol–water partition coefficient (Wildman–Crippen LogP) is 2.23. The van der Waals surface area contributed by atoms with Gasteiger partial charge < -0.3 is 14.6 Å². The SMILES string of the molecule is COc1ccc(OC2CC(O)C2(C)C)cc1. The number of hydrogen-bond donors (Lipinski definition) is 1. The minimum atomic E-state index is -0.254. The number of rotatable bonds is 3. The molecule has 1 saturated carbocycles. The average Bonchev–Trinajstić information content (AvgIpc) is 2.29. The molecule has 1 aromatic rings. The Kier molecular flexibility index (Phi) is 2.80. The molecule has 0 radical (unpaired) electrons. The van der Waals surface area contributed by atoms with Gasteiger partial charge in [0.15, 0.2) is 0 Å². The van der Waals surface area contributed by atoms with Crippen molar-refractivity contribution in [3.05, 3.63) is 24.3 Å². The summed E-state index contributed by atoms with van der Waals surface area (Å²) in [6.45, 7) is 4.05. The molecule has 2 rings (SSSR count). The summed E-state index contributed by atoms with van der Waals surface area (Å²) in [5.41, 5.74) is -0.153. The number of benzene rings is 1. The molecular formula is C13H18O3. The number of methoxy groups -OCH3 is 1. The van der Waals surface area contributed by atoms with Crippen molar-refractivity contribution in [1.29, 1.82) is 0 Å². The summed E-state index contributed by atoms with van der Waals surface area (Å²) >= 11 is 0. The van der Waals surface area contributed by atoms with E-state index >= 15 is 0 Å². The van der Waals surface area contributed by atoms with Crippen molar-refractivity contribution in [3.63, 3.8) is 0 Å². The zero-order valence-corrected chi connectivity index (χ0v) is 9.93. The second-order valence-electron chi connectivity index (χ2n) is 4.85. The Morgan fingerprint density at radius 2 is 1.75 bits per heavy atom. The maximum atomic E-state index is 9.61. The van der Waals surface area contributed by atoms with Crippen LogP contribution in [0.5, 0.6) is 11.5 Å². The minimum absolute atomic E-state index is 0.0934. The standard InChI is InChI=1S/C13H18O3/c1-13(2)11(14)8-12(13)16-10-6-4-9(15-3)5-7-10/h4-7,11-12,14H,8H2,1-3H3. The summed E-state index contributed by atoms with van der Waals surface area (Å²) in [4.78, 5) is 0. The average molecular weight is 222 g/mol. The molecule has 0 amide bonds. The number of hydrogen-bond acceptors (Lipinski definition) is 3. The highest BCUT2D eigenvalue weighted by molar-refractivity contribution is 5.31. The fraction of sp³-hybridized carbons (Fsp3) is 0.538. The van der Waals surface area contributed by atoms with Gasteiger partial charge in [0, 0.05) is 11.8 Å². The van der Waals surface area contributed by atoms with Crippen molar-refractivity contribution in [1.82, 2.24) is 0 Å². The Bertz CT molecular complexity index is 356. The highest BCUT2D eigenvalue weighted by Crippen LogP contribution is 2.42. The quantitative estimate of drug-likeness (QED) is 0.852. The molecule has 2 unspecified atom stereocenters. The van der Waals surface area contributed by atoms with E-state index in [1.165, 1.54) is 0 Å². The van der Waals surface area contributed by atoms with E-state index in [1.807, 2.05) is 38.1 Å². The molecule has 1 N–H and O–H groups in total. The summed E-state index contributed by atoms with van der Waals surface area (Å²) in [5, 5.41) is 9.61. The van der Waals surface area contributed by atoms with Crippen LogP contribution in [0.15, 0.2) is 24.3 Å². The fourth-order valence-electron chi connectivity index (χ4n) is 1.88. The van der Waals surface area contributed by atoms with Crippen molar-refractivity contribution in [2.45, 2.75) is 32.5 Å². The first-order valence-corrected chi connectivity index (χ1v) is 5.53. The van der Waals surface area contributed by atoms with E-state index in [2.05, 4.69) is 0 Å². The topological polar surface area (TPSA) is 38.7 Å². The molecule has 3 heteroatoms. The first-order valence-electron chi connectivity index (χ1n) is 5.53. The molecule has 1 fully saturated rings. The first-order chi connectivity index (χ1) is 7.54. The summed E-state index contributed by atoms with van der Waals surface area (Å²) in [6, 6.07) is 7.52. The van der Waals surface area contributed by atoms with Crippen LogP contribution in [0.1, 0.15) is 20.3 Å². The third-order valence-electron chi connectivity index (χ3n) is 3.46. The van der Waals surface area contributed by atoms with E-state index in [0.717, 1.165) is 11.5 Å². The van der Waals surface area contributed by atoms with E-state index in [4.69, 9.17) is 9.47 Å². The van der Waals surface area contributed by atoms with Crippen molar-refractivity contribution in [3.8, 4) is 11.5 Å². The van der Waals surface area contributed by atoms with Gasteiger partial charge in [0.1, 0.15) is 17.6 Å². The maximum Gasteiger partial charge on any atom is 0.120 e. The van der Waals surface area contributed by atoms with Gasteiger partial charge in [-0.2, -0.15) is 0 Å². The van der Waals surface area contributed by atoms with Gasteiger partial charge in [0.05, 0.1) is 13.2 Å². The first kappa shape index (κ1) is 11.3. The molecule has 0 aliphatic heterocycles. The van der Waals surface area contributed by atoms with Crippen LogP contribution >= 0.6 is 0 Å². The lowest BCUT2D eigenvalue weighted by Crippen LogP contribution is -2.56. The van der Waals surface area contributed by atoms with E-state index < -0.39 is 0 Å². The Hall–Kier alpha value is -1.22. The van der Waals surface area contributed by atoms with E-state index in [0.29, 0.717) is 6.42 Å². The lowest BCUT2D eigenvalue weighted by Gasteiger charge is -2.48. The van der Waals surface area contributed by atoms with Gasteiger partial charge in [0.25, 0.3) is 0 Å². The summed E-state index contributed by atoms with van der Waals surface area (Å²) in [5.74, 6) is 1.64.